The number of rotatable bonds is 4. The molecule has 2 N–H and O–H groups in total. The lowest BCUT2D eigenvalue weighted by atomic mass is 10.1. The summed E-state index contributed by atoms with van der Waals surface area (Å²) in [7, 11) is 1.00. The number of aldehydes is 1. The van der Waals surface area contributed by atoms with Crippen molar-refractivity contribution in [1.29, 1.82) is 0 Å². The van der Waals surface area contributed by atoms with Crippen molar-refractivity contribution in [3.8, 4) is 0 Å². The van der Waals surface area contributed by atoms with Gasteiger partial charge in [0, 0.05) is 19.2 Å². The predicted molar refractivity (Wildman–Crippen MR) is 67.9 cm³/mol. The molecule has 0 radical (unpaired) electrons. The smallest absolute Gasteiger partial charge is 0.120 e. The Balaban J connectivity index is 0.000000686. The van der Waals surface area contributed by atoms with Crippen molar-refractivity contribution in [2.45, 2.75) is 12.8 Å². The third-order valence-corrected chi connectivity index (χ3v) is 2.32. The number of carbonyl (C=O) groups excluding carboxylic acids is 1. The standard InChI is InChI=1S/C11H13N3O.CH4O/c15-6-2-4-10-3-1-5-11(7-10)14-8-12-13-9-14;1-2/h1,3,5-8,13H,2,4,9H2;2H,1H3. The SMILES string of the molecule is CO.O=CCCc1cccc(N2C=NNC2)c1. The van der Waals surface area contributed by atoms with Crippen LogP contribution in [0, 0.1) is 0 Å². The van der Waals surface area contributed by atoms with Gasteiger partial charge >= 0.3 is 0 Å². The molecule has 0 aliphatic carbocycles. The zero-order valence-electron chi connectivity index (χ0n) is 9.84. The molecule has 0 saturated heterocycles. The number of nitrogens with one attached hydrogen (secondary N) is 1. The molecule has 0 amide bonds. The second-order valence-corrected chi connectivity index (χ2v) is 3.41. The summed E-state index contributed by atoms with van der Waals surface area (Å²) >= 11 is 0. The summed E-state index contributed by atoms with van der Waals surface area (Å²) < 4.78 is 0. The number of anilines is 1. The molecule has 92 valence electrons. The number of aryl methyl sites for hydroxylation is 1. The zero-order chi connectivity index (χ0) is 12.5. The summed E-state index contributed by atoms with van der Waals surface area (Å²) in [5, 5.41) is 10.9. The normalized spacial score (nSPS) is 12.7. The first-order valence-electron chi connectivity index (χ1n) is 5.40. The molecule has 1 aromatic rings. The third kappa shape index (κ3) is 3.88. The summed E-state index contributed by atoms with van der Waals surface area (Å²) in [6, 6.07) is 8.15. The van der Waals surface area contributed by atoms with Gasteiger partial charge in [-0.1, -0.05) is 12.1 Å². The summed E-state index contributed by atoms with van der Waals surface area (Å²) in [6.07, 6.45) is 4.09. The summed E-state index contributed by atoms with van der Waals surface area (Å²) in [5.41, 5.74) is 5.16. The molecule has 0 bridgehead atoms. The van der Waals surface area contributed by atoms with Crippen LogP contribution in [0.2, 0.25) is 0 Å². The average Bonchev–Trinajstić information content (AvgIpc) is 2.93. The minimum absolute atomic E-state index is 0.579. The van der Waals surface area contributed by atoms with Gasteiger partial charge in [-0.2, -0.15) is 5.10 Å². The van der Waals surface area contributed by atoms with Crippen molar-refractivity contribution in [2.75, 3.05) is 18.7 Å². The maximum atomic E-state index is 10.3. The van der Waals surface area contributed by atoms with E-state index in [9.17, 15) is 4.79 Å². The van der Waals surface area contributed by atoms with Crippen molar-refractivity contribution in [1.82, 2.24) is 5.43 Å². The van der Waals surface area contributed by atoms with E-state index in [0.29, 0.717) is 13.1 Å². The molecule has 0 fully saturated rings. The van der Waals surface area contributed by atoms with Gasteiger partial charge in [-0.25, -0.2) is 0 Å². The van der Waals surface area contributed by atoms with Crippen LogP contribution in [0.5, 0.6) is 0 Å². The van der Waals surface area contributed by atoms with E-state index < -0.39 is 0 Å². The molecule has 0 atom stereocenters. The van der Waals surface area contributed by atoms with Crippen molar-refractivity contribution in [3.63, 3.8) is 0 Å². The summed E-state index contributed by atoms with van der Waals surface area (Å²) in [4.78, 5) is 12.3. The highest BCUT2D eigenvalue weighted by Gasteiger charge is 2.07. The van der Waals surface area contributed by atoms with Crippen LogP contribution in [0.1, 0.15) is 12.0 Å². The largest absolute Gasteiger partial charge is 0.400 e. The van der Waals surface area contributed by atoms with E-state index >= 15 is 0 Å². The highest BCUT2D eigenvalue weighted by Crippen LogP contribution is 2.16. The Hall–Kier alpha value is -1.88. The molecule has 2 rings (SSSR count). The molecule has 0 unspecified atom stereocenters. The van der Waals surface area contributed by atoms with Gasteiger partial charge in [0.2, 0.25) is 0 Å². The van der Waals surface area contributed by atoms with Crippen LogP contribution >= 0.6 is 0 Å². The van der Waals surface area contributed by atoms with Crippen molar-refractivity contribution >= 4 is 18.3 Å². The van der Waals surface area contributed by atoms with Crippen molar-refractivity contribution in [3.05, 3.63) is 29.8 Å². The van der Waals surface area contributed by atoms with Crippen LogP contribution in [0.25, 0.3) is 0 Å². The molecule has 1 aromatic carbocycles. The third-order valence-electron chi connectivity index (χ3n) is 2.32. The fraction of sp³-hybridized carbons (Fsp3) is 0.333. The van der Waals surface area contributed by atoms with E-state index in [2.05, 4.69) is 16.6 Å². The van der Waals surface area contributed by atoms with E-state index in [4.69, 9.17) is 5.11 Å². The molecule has 0 saturated carbocycles. The number of hydrogen-bond donors (Lipinski definition) is 2. The number of nitrogens with zero attached hydrogens (tertiary/aromatic N) is 2. The minimum atomic E-state index is 0.579. The zero-order valence-corrected chi connectivity index (χ0v) is 9.84. The van der Waals surface area contributed by atoms with Crippen molar-refractivity contribution < 1.29 is 9.90 Å². The lowest BCUT2D eigenvalue weighted by molar-refractivity contribution is -0.107. The van der Waals surface area contributed by atoms with Crippen LogP contribution < -0.4 is 10.3 Å². The molecule has 5 nitrogen and oxygen atoms in total. The molecular weight excluding hydrogens is 218 g/mol. The number of aliphatic hydroxyl groups excluding tert-OH is 1. The Kier molecular flexibility index (Phi) is 5.74. The second-order valence-electron chi connectivity index (χ2n) is 3.41. The van der Waals surface area contributed by atoms with Gasteiger partial charge in [-0.15, -0.1) is 0 Å². The fourth-order valence-electron chi connectivity index (χ4n) is 1.54. The summed E-state index contributed by atoms with van der Waals surface area (Å²) in [6.45, 7) is 0.705. The van der Waals surface area contributed by atoms with E-state index in [-0.39, 0.29) is 0 Å². The lowest BCUT2D eigenvalue weighted by Gasteiger charge is -2.13. The van der Waals surface area contributed by atoms with Gasteiger partial charge in [-0.05, 0) is 24.1 Å². The van der Waals surface area contributed by atoms with Gasteiger partial charge in [0.15, 0.2) is 0 Å². The van der Waals surface area contributed by atoms with Gasteiger partial charge in [-0.3, -0.25) is 5.43 Å². The van der Waals surface area contributed by atoms with Crippen LogP contribution in [0.15, 0.2) is 29.4 Å². The predicted octanol–water partition coefficient (Wildman–Crippen LogP) is 0.737. The Morgan fingerprint density at radius 1 is 1.53 bits per heavy atom. The van der Waals surface area contributed by atoms with Gasteiger partial charge in [0.1, 0.15) is 19.3 Å². The second kappa shape index (κ2) is 7.40. The number of hydrogen-bond acceptors (Lipinski definition) is 5. The average molecular weight is 235 g/mol. The van der Waals surface area contributed by atoms with Crippen LogP contribution in [-0.4, -0.2) is 31.5 Å². The van der Waals surface area contributed by atoms with Crippen LogP contribution in [-0.2, 0) is 11.2 Å². The first-order valence-corrected chi connectivity index (χ1v) is 5.40. The van der Waals surface area contributed by atoms with E-state index in [1.165, 1.54) is 5.56 Å². The number of carbonyl (C=O) groups is 1. The van der Waals surface area contributed by atoms with Crippen LogP contribution in [0.4, 0.5) is 5.69 Å². The lowest BCUT2D eigenvalue weighted by Crippen LogP contribution is -2.22. The Labute approximate surface area is 101 Å². The maximum Gasteiger partial charge on any atom is 0.120 e. The maximum absolute atomic E-state index is 10.3. The van der Waals surface area contributed by atoms with Crippen LogP contribution in [0.3, 0.4) is 0 Å². The first-order chi connectivity index (χ1) is 8.40. The van der Waals surface area contributed by atoms with Gasteiger partial charge in [0.25, 0.3) is 0 Å². The topological polar surface area (TPSA) is 64.9 Å². The Morgan fingerprint density at radius 2 is 2.35 bits per heavy atom. The van der Waals surface area contributed by atoms with E-state index in [1.54, 1.807) is 6.34 Å². The molecule has 1 aliphatic rings. The van der Waals surface area contributed by atoms with E-state index in [0.717, 1.165) is 25.5 Å². The minimum Gasteiger partial charge on any atom is -0.400 e. The Bertz CT molecular complexity index is 380. The highest BCUT2D eigenvalue weighted by molar-refractivity contribution is 5.80. The molecular formula is C12H17N3O2. The monoisotopic (exact) mass is 235 g/mol. The number of benzene rings is 1. The molecule has 0 aromatic heterocycles. The van der Waals surface area contributed by atoms with Gasteiger partial charge in [0.05, 0.1) is 0 Å². The quantitative estimate of drug-likeness (QED) is 0.755. The molecule has 17 heavy (non-hydrogen) atoms. The first kappa shape index (κ1) is 13.2. The number of aliphatic hydroxyl groups is 1. The Morgan fingerprint density at radius 3 is 3.00 bits per heavy atom. The molecule has 1 heterocycles. The summed E-state index contributed by atoms with van der Waals surface area (Å²) in [5.74, 6) is 0. The van der Waals surface area contributed by atoms with Crippen molar-refractivity contribution in [2.24, 2.45) is 5.10 Å². The molecule has 1 aliphatic heterocycles. The molecule has 0 spiro atoms. The van der Waals surface area contributed by atoms with E-state index in [1.807, 2.05) is 23.1 Å². The van der Waals surface area contributed by atoms with Gasteiger partial charge < -0.3 is 14.8 Å². The molecule has 5 heteroatoms. The fourth-order valence-corrected chi connectivity index (χ4v) is 1.54. The highest BCUT2D eigenvalue weighted by atomic mass is 16.2. The number of hydrazone groups is 1.